The molecule has 0 aromatic carbocycles. The first-order valence-electron chi connectivity index (χ1n) is 6.65. The highest BCUT2D eigenvalue weighted by Gasteiger charge is 2.43. The molecule has 1 aliphatic carbocycles. The molecule has 0 spiro atoms. The van der Waals surface area contributed by atoms with Crippen LogP contribution in [0.3, 0.4) is 0 Å². The van der Waals surface area contributed by atoms with Crippen molar-refractivity contribution in [3.05, 3.63) is 0 Å². The van der Waals surface area contributed by atoms with Crippen LogP contribution in [-0.4, -0.2) is 29.7 Å². The maximum Gasteiger partial charge on any atom is 0.391 e. The van der Waals surface area contributed by atoms with Crippen LogP contribution in [0.2, 0.25) is 0 Å². The standard InChI is InChI=1S/C12H20F3N3O2/c13-12(14,15)9-4-1-3-8(7-9)11(19)17-6-2-5-10(16)18-20/h8-9,20H,1-7H2,(H2,16,18)(H,17,19). The van der Waals surface area contributed by atoms with Gasteiger partial charge in [0.15, 0.2) is 0 Å². The van der Waals surface area contributed by atoms with Gasteiger partial charge in [0.1, 0.15) is 5.84 Å². The number of halogens is 3. The van der Waals surface area contributed by atoms with E-state index in [1.54, 1.807) is 0 Å². The Bertz CT molecular complexity index is 358. The van der Waals surface area contributed by atoms with E-state index in [1.165, 1.54) is 0 Å². The second kappa shape index (κ2) is 7.35. The fourth-order valence-corrected chi connectivity index (χ4v) is 2.40. The number of carbonyl (C=O) groups excluding carboxylic acids is 1. The number of rotatable bonds is 5. The van der Waals surface area contributed by atoms with E-state index in [0.717, 1.165) is 0 Å². The molecule has 1 aliphatic rings. The van der Waals surface area contributed by atoms with Gasteiger partial charge >= 0.3 is 6.18 Å². The third-order valence-corrected chi connectivity index (χ3v) is 3.55. The van der Waals surface area contributed by atoms with Crippen LogP contribution in [0.4, 0.5) is 13.2 Å². The summed E-state index contributed by atoms with van der Waals surface area (Å²) in [6, 6.07) is 0. The minimum absolute atomic E-state index is 0.0639. The third-order valence-electron chi connectivity index (χ3n) is 3.55. The van der Waals surface area contributed by atoms with Gasteiger partial charge in [0, 0.05) is 18.9 Å². The summed E-state index contributed by atoms with van der Waals surface area (Å²) in [5, 5.41) is 13.7. The molecule has 0 aromatic rings. The summed E-state index contributed by atoms with van der Waals surface area (Å²) in [7, 11) is 0. The van der Waals surface area contributed by atoms with Crippen molar-refractivity contribution in [2.45, 2.75) is 44.7 Å². The maximum atomic E-state index is 12.6. The number of nitrogens with zero attached hydrogens (tertiary/aromatic N) is 1. The van der Waals surface area contributed by atoms with Gasteiger partial charge in [-0.15, -0.1) is 0 Å². The van der Waals surface area contributed by atoms with Crippen molar-refractivity contribution in [1.82, 2.24) is 5.32 Å². The summed E-state index contributed by atoms with van der Waals surface area (Å²) in [5.41, 5.74) is 5.26. The number of carbonyl (C=O) groups is 1. The van der Waals surface area contributed by atoms with Crippen LogP contribution in [-0.2, 0) is 4.79 Å². The Balaban J connectivity index is 2.32. The van der Waals surface area contributed by atoms with E-state index in [-0.39, 0.29) is 24.6 Å². The van der Waals surface area contributed by atoms with Crippen LogP contribution >= 0.6 is 0 Å². The van der Waals surface area contributed by atoms with Gasteiger partial charge in [-0.25, -0.2) is 0 Å². The quantitative estimate of drug-likeness (QED) is 0.238. The highest BCUT2D eigenvalue weighted by Crippen LogP contribution is 2.39. The number of alkyl halides is 3. The van der Waals surface area contributed by atoms with Crippen molar-refractivity contribution in [2.24, 2.45) is 22.7 Å². The lowest BCUT2D eigenvalue weighted by Gasteiger charge is -2.29. The predicted molar refractivity (Wildman–Crippen MR) is 67.2 cm³/mol. The molecule has 5 nitrogen and oxygen atoms in total. The van der Waals surface area contributed by atoms with Gasteiger partial charge in [0.2, 0.25) is 5.91 Å². The van der Waals surface area contributed by atoms with Gasteiger partial charge in [-0.3, -0.25) is 4.79 Å². The fraction of sp³-hybridized carbons (Fsp3) is 0.833. The average Bonchev–Trinajstić information content (AvgIpc) is 2.42. The molecule has 0 saturated heterocycles. The van der Waals surface area contributed by atoms with E-state index in [9.17, 15) is 18.0 Å². The van der Waals surface area contributed by atoms with Crippen LogP contribution in [0, 0.1) is 11.8 Å². The van der Waals surface area contributed by atoms with E-state index in [0.29, 0.717) is 32.2 Å². The summed E-state index contributed by atoms with van der Waals surface area (Å²) in [5.74, 6) is -2.21. The van der Waals surface area contributed by atoms with E-state index < -0.39 is 18.0 Å². The predicted octanol–water partition coefficient (Wildman–Crippen LogP) is 2.00. The molecule has 0 aliphatic heterocycles. The van der Waals surface area contributed by atoms with E-state index in [2.05, 4.69) is 10.5 Å². The molecule has 2 atom stereocenters. The number of amides is 1. The summed E-state index contributed by atoms with van der Waals surface area (Å²) in [6.07, 6.45) is -2.51. The zero-order valence-corrected chi connectivity index (χ0v) is 11.1. The van der Waals surface area contributed by atoms with Crippen LogP contribution in [0.25, 0.3) is 0 Å². The van der Waals surface area contributed by atoms with Crippen molar-refractivity contribution >= 4 is 11.7 Å². The Morgan fingerprint density at radius 3 is 2.70 bits per heavy atom. The van der Waals surface area contributed by atoms with E-state index in [4.69, 9.17) is 10.9 Å². The third kappa shape index (κ3) is 5.26. The first kappa shape index (κ1) is 16.6. The topological polar surface area (TPSA) is 87.7 Å². The molecule has 20 heavy (non-hydrogen) atoms. The second-order valence-corrected chi connectivity index (χ2v) is 5.09. The number of hydrogen-bond donors (Lipinski definition) is 3. The van der Waals surface area contributed by atoms with Crippen LogP contribution in [0.15, 0.2) is 5.16 Å². The summed E-state index contributed by atoms with van der Waals surface area (Å²) in [6.45, 7) is 0.308. The molecule has 0 aromatic heterocycles. The molecule has 8 heteroatoms. The molecule has 0 radical (unpaired) electrons. The first-order valence-corrected chi connectivity index (χ1v) is 6.65. The van der Waals surface area contributed by atoms with Crippen LogP contribution in [0.1, 0.15) is 38.5 Å². The highest BCUT2D eigenvalue weighted by molar-refractivity contribution is 5.80. The van der Waals surface area contributed by atoms with Gasteiger partial charge in [0.05, 0.1) is 5.92 Å². The molecule has 4 N–H and O–H groups in total. The molecular weight excluding hydrogens is 275 g/mol. The van der Waals surface area contributed by atoms with Crippen molar-refractivity contribution in [3.63, 3.8) is 0 Å². The molecule has 0 heterocycles. The lowest BCUT2D eigenvalue weighted by molar-refractivity contribution is -0.186. The van der Waals surface area contributed by atoms with Crippen molar-refractivity contribution < 1.29 is 23.2 Å². The van der Waals surface area contributed by atoms with Gasteiger partial charge < -0.3 is 16.3 Å². The lowest BCUT2D eigenvalue weighted by atomic mass is 9.80. The Labute approximate surface area is 115 Å². The molecule has 0 bridgehead atoms. The SMILES string of the molecule is NC(CCCNC(=O)C1CCCC(C(F)(F)F)C1)=NO. The van der Waals surface area contributed by atoms with Gasteiger partial charge in [-0.2, -0.15) is 13.2 Å². The Morgan fingerprint density at radius 2 is 2.10 bits per heavy atom. The minimum atomic E-state index is -4.22. The Morgan fingerprint density at radius 1 is 1.40 bits per heavy atom. The fourth-order valence-electron chi connectivity index (χ4n) is 2.40. The normalized spacial score (nSPS) is 24.4. The van der Waals surface area contributed by atoms with Crippen molar-refractivity contribution in [2.75, 3.05) is 6.54 Å². The average molecular weight is 295 g/mol. The molecule has 1 saturated carbocycles. The molecule has 116 valence electrons. The van der Waals surface area contributed by atoms with E-state index >= 15 is 0 Å². The number of nitrogens with one attached hydrogen (secondary N) is 1. The molecular formula is C12H20F3N3O2. The number of amidine groups is 1. The second-order valence-electron chi connectivity index (χ2n) is 5.09. The maximum absolute atomic E-state index is 12.6. The van der Waals surface area contributed by atoms with Gasteiger partial charge in [0.25, 0.3) is 0 Å². The lowest BCUT2D eigenvalue weighted by Crippen LogP contribution is -2.37. The van der Waals surface area contributed by atoms with Gasteiger partial charge in [-0.1, -0.05) is 11.6 Å². The van der Waals surface area contributed by atoms with Gasteiger partial charge in [-0.05, 0) is 25.7 Å². The first-order chi connectivity index (χ1) is 9.34. The largest absolute Gasteiger partial charge is 0.409 e. The van der Waals surface area contributed by atoms with E-state index in [1.807, 2.05) is 0 Å². The number of oxime groups is 1. The molecule has 1 amide bonds. The number of nitrogens with two attached hydrogens (primary N) is 1. The Hall–Kier alpha value is -1.47. The van der Waals surface area contributed by atoms with Crippen LogP contribution in [0.5, 0.6) is 0 Å². The molecule has 1 rings (SSSR count). The number of hydrogen-bond acceptors (Lipinski definition) is 3. The molecule has 1 fully saturated rings. The van der Waals surface area contributed by atoms with Crippen LogP contribution < -0.4 is 11.1 Å². The van der Waals surface area contributed by atoms with Crippen molar-refractivity contribution in [3.8, 4) is 0 Å². The smallest absolute Gasteiger partial charge is 0.391 e. The summed E-state index contributed by atoms with van der Waals surface area (Å²) in [4.78, 5) is 11.8. The van der Waals surface area contributed by atoms with Crippen molar-refractivity contribution in [1.29, 1.82) is 0 Å². The Kier molecular flexibility index (Phi) is 6.09. The summed E-state index contributed by atoms with van der Waals surface area (Å²) >= 11 is 0. The zero-order valence-electron chi connectivity index (χ0n) is 11.1. The molecule has 2 unspecified atom stereocenters. The zero-order chi connectivity index (χ0) is 15.2. The highest BCUT2D eigenvalue weighted by atomic mass is 19.4. The summed E-state index contributed by atoms with van der Waals surface area (Å²) < 4.78 is 37.9. The monoisotopic (exact) mass is 295 g/mol. The minimum Gasteiger partial charge on any atom is -0.409 e.